The third-order valence-electron chi connectivity index (χ3n) is 4.52. The van der Waals surface area contributed by atoms with E-state index in [9.17, 15) is 9.18 Å². The number of nitrogens with one attached hydrogen (secondary N) is 1. The lowest BCUT2D eigenvalue weighted by molar-refractivity contribution is 0.191. The SMILES string of the molecule is CCOc1ccccc1N1CCN(C(=O)NCCOc2cccc(F)c2)CC1. The number of halogens is 1. The number of piperazine rings is 1. The van der Waals surface area contributed by atoms with Gasteiger partial charge in [-0.25, -0.2) is 9.18 Å². The molecule has 1 saturated heterocycles. The molecule has 1 N–H and O–H groups in total. The molecule has 0 bridgehead atoms. The van der Waals surface area contributed by atoms with Gasteiger partial charge in [-0.3, -0.25) is 0 Å². The fraction of sp³-hybridized carbons (Fsp3) is 0.381. The first-order chi connectivity index (χ1) is 13.7. The first kappa shape index (κ1) is 19.8. The maximum atomic E-state index is 13.1. The number of hydrogen-bond donors (Lipinski definition) is 1. The van der Waals surface area contributed by atoms with E-state index in [0.717, 1.165) is 24.5 Å². The van der Waals surface area contributed by atoms with Crippen LogP contribution in [0.15, 0.2) is 48.5 Å². The van der Waals surface area contributed by atoms with Gasteiger partial charge in [0.15, 0.2) is 0 Å². The van der Waals surface area contributed by atoms with Gasteiger partial charge in [-0.2, -0.15) is 0 Å². The number of nitrogens with zero attached hydrogens (tertiary/aromatic N) is 2. The van der Waals surface area contributed by atoms with Crippen LogP contribution < -0.4 is 19.7 Å². The summed E-state index contributed by atoms with van der Waals surface area (Å²) < 4.78 is 24.2. The highest BCUT2D eigenvalue weighted by Crippen LogP contribution is 2.28. The Morgan fingerprint density at radius 2 is 1.86 bits per heavy atom. The Bertz CT molecular complexity index is 779. The number of urea groups is 1. The summed E-state index contributed by atoms with van der Waals surface area (Å²) in [6, 6.07) is 13.8. The molecule has 2 aromatic rings. The molecule has 1 aliphatic rings. The van der Waals surface area contributed by atoms with Gasteiger partial charge in [-0.15, -0.1) is 0 Å². The largest absolute Gasteiger partial charge is 0.492 e. The van der Waals surface area contributed by atoms with E-state index >= 15 is 0 Å². The predicted molar refractivity (Wildman–Crippen MR) is 107 cm³/mol. The second-order valence-electron chi connectivity index (χ2n) is 6.41. The molecule has 6 nitrogen and oxygen atoms in total. The molecule has 0 atom stereocenters. The van der Waals surface area contributed by atoms with Crippen LogP contribution in [-0.2, 0) is 0 Å². The van der Waals surface area contributed by atoms with Crippen LogP contribution >= 0.6 is 0 Å². The number of carbonyl (C=O) groups excluding carboxylic acids is 1. The number of para-hydroxylation sites is 2. The van der Waals surface area contributed by atoms with Gasteiger partial charge in [-0.05, 0) is 31.2 Å². The summed E-state index contributed by atoms with van der Waals surface area (Å²) in [4.78, 5) is 16.4. The fourth-order valence-corrected chi connectivity index (χ4v) is 3.14. The Hall–Kier alpha value is -2.96. The van der Waals surface area contributed by atoms with Gasteiger partial charge in [0.25, 0.3) is 0 Å². The summed E-state index contributed by atoms with van der Waals surface area (Å²) >= 11 is 0. The molecule has 0 spiro atoms. The van der Waals surface area contributed by atoms with Crippen molar-refractivity contribution in [3.05, 3.63) is 54.3 Å². The van der Waals surface area contributed by atoms with Gasteiger partial charge in [0.2, 0.25) is 0 Å². The third-order valence-corrected chi connectivity index (χ3v) is 4.52. The number of rotatable bonds is 7. The van der Waals surface area contributed by atoms with E-state index in [-0.39, 0.29) is 18.5 Å². The number of ether oxygens (including phenoxy) is 2. The molecule has 0 aliphatic carbocycles. The van der Waals surface area contributed by atoms with E-state index in [1.54, 1.807) is 17.0 Å². The highest BCUT2D eigenvalue weighted by Gasteiger charge is 2.22. The minimum Gasteiger partial charge on any atom is -0.492 e. The van der Waals surface area contributed by atoms with Crippen molar-refractivity contribution < 1.29 is 18.7 Å². The van der Waals surface area contributed by atoms with Crippen molar-refractivity contribution in [3.8, 4) is 11.5 Å². The summed E-state index contributed by atoms with van der Waals surface area (Å²) in [7, 11) is 0. The van der Waals surface area contributed by atoms with Gasteiger partial charge < -0.3 is 24.6 Å². The molecule has 0 unspecified atom stereocenters. The molecule has 0 radical (unpaired) electrons. The Labute approximate surface area is 164 Å². The molecule has 7 heteroatoms. The highest BCUT2D eigenvalue weighted by atomic mass is 19.1. The Balaban J connectivity index is 1.41. The molecule has 1 fully saturated rings. The second kappa shape index (κ2) is 9.82. The van der Waals surface area contributed by atoms with Crippen molar-refractivity contribution in [2.45, 2.75) is 6.92 Å². The van der Waals surface area contributed by atoms with Gasteiger partial charge in [0.05, 0.1) is 18.8 Å². The minimum absolute atomic E-state index is 0.111. The summed E-state index contributed by atoms with van der Waals surface area (Å²) in [5.74, 6) is 0.985. The smallest absolute Gasteiger partial charge is 0.317 e. The zero-order valence-corrected chi connectivity index (χ0v) is 16.1. The first-order valence-corrected chi connectivity index (χ1v) is 9.55. The van der Waals surface area contributed by atoms with Crippen molar-refractivity contribution >= 4 is 11.7 Å². The zero-order chi connectivity index (χ0) is 19.8. The molecule has 2 aromatic carbocycles. The van der Waals surface area contributed by atoms with Crippen molar-refractivity contribution in [2.24, 2.45) is 0 Å². The molecule has 28 heavy (non-hydrogen) atoms. The van der Waals surface area contributed by atoms with E-state index in [1.165, 1.54) is 12.1 Å². The van der Waals surface area contributed by atoms with Crippen molar-refractivity contribution in [1.29, 1.82) is 0 Å². The molecule has 2 amide bonds. The molecule has 3 rings (SSSR count). The first-order valence-electron chi connectivity index (χ1n) is 9.55. The number of hydrogen-bond acceptors (Lipinski definition) is 4. The lowest BCUT2D eigenvalue weighted by atomic mass is 10.2. The highest BCUT2D eigenvalue weighted by molar-refractivity contribution is 5.74. The Morgan fingerprint density at radius 3 is 2.61 bits per heavy atom. The van der Waals surface area contributed by atoms with Crippen LogP contribution in [0.5, 0.6) is 11.5 Å². The number of amides is 2. The molecular formula is C21H26FN3O3. The van der Waals surface area contributed by atoms with Crippen LogP contribution in [0.25, 0.3) is 0 Å². The van der Waals surface area contributed by atoms with E-state index in [2.05, 4.69) is 10.2 Å². The van der Waals surface area contributed by atoms with Crippen molar-refractivity contribution in [3.63, 3.8) is 0 Å². The topological polar surface area (TPSA) is 54.0 Å². The quantitative estimate of drug-likeness (QED) is 0.742. The van der Waals surface area contributed by atoms with E-state index in [0.29, 0.717) is 32.0 Å². The van der Waals surface area contributed by atoms with Gasteiger partial charge >= 0.3 is 6.03 Å². The van der Waals surface area contributed by atoms with Crippen LogP contribution in [0.4, 0.5) is 14.9 Å². The predicted octanol–water partition coefficient (Wildman–Crippen LogP) is 3.14. The van der Waals surface area contributed by atoms with Gasteiger partial charge in [0, 0.05) is 32.2 Å². The maximum Gasteiger partial charge on any atom is 0.317 e. The number of benzene rings is 2. The minimum atomic E-state index is -0.342. The summed E-state index contributed by atoms with van der Waals surface area (Å²) in [5.41, 5.74) is 1.06. The van der Waals surface area contributed by atoms with Crippen LogP contribution in [0.2, 0.25) is 0 Å². The number of carbonyl (C=O) groups is 1. The Kier molecular flexibility index (Phi) is 6.94. The molecule has 0 aromatic heterocycles. The number of anilines is 1. The lowest BCUT2D eigenvalue weighted by Crippen LogP contribution is -2.52. The summed E-state index contributed by atoms with van der Waals surface area (Å²) in [6.07, 6.45) is 0. The molecule has 0 saturated carbocycles. The maximum absolute atomic E-state index is 13.1. The average Bonchev–Trinajstić information content (AvgIpc) is 2.72. The average molecular weight is 387 g/mol. The van der Waals surface area contributed by atoms with Crippen molar-refractivity contribution in [2.75, 3.05) is 50.8 Å². The van der Waals surface area contributed by atoms with Crippen LogP contribution in [0.1, 0.15) is 6.92 Å². The van der Waals surface area contributed by atoms with E-state index in [4.69, 9.17) is 9.47 Å². The van der Waals surface area contributed by atoms with E-state index < -0.39 is 0 Å². The molecule has 1 heterocycles. The summed E-state index contributed by atoms with van der Waals surface area (Å²) in [6.45, 7) is 6.01. The molecule has 1 aliphatic heterocycles. The lowest BCUT2D eigenvalue weighted by Gasteiger charge is -2.36. The summed E-state index contributed by atoms with van der Waals surface area (Å²) in [5, 5.41) is 2.85. The van der Waals surface area contributed by atoms with E-state index in [1.807, 2.05) is 31.2 Å². The monoisotopic (exact) mass is 387 g/mol. The van der Waals surface area contributed by atoms with Crippen LogP contribution in [0, 0.1) is 5.82 Å². The Morgan fingerprint density at radius 1 is 1.07 bits per heavy atom. The van der Waals surface area contributed by atoms with Crippen LogP contribution in [0.3, 0.4) is 0 Å². The second-order valence-corrected chi connectivity index (χ2v) is 6.41. The van der Waals surface area contributed by atoms with Crippen molar-refractivity contribution in [1.82, 2.24) is 10.2 Å². The molecular weight excluding hydrogens is 361 g/mol. The normalized spacial score (nSPS) is 13.9. The van der Waals surface area contributed by atoms with Crippen LogP contribution in [-0.4, -0.2) is 56.9 Å². The van der Waals surface area contributed by atoms with Gasteiger partial charge in [0.1, 0.15) is 23.9 Å². The fourth-order valence-electron chi connectivity index (χ4n) is 3.14. The third kappa shape index (κ3) is 5.28. The zero-order valence-electron chi connectivity index (χ0n) is 16.1. The molecule has 150 valence electrons. The standard InChI is InChI=1S/C21H26FN3O3/c1-2-27-20-9-4-3-8-19(20)24-11-13-25(14-12-24)21(26)23-10-15-28-18-7-5-6-17(22)16-18/h3-9,16H,2,10-15H2,1H3,(H,23,26). The van der Waals surface area contributed by atoms with Gasteiger partial charge in [-0.1, -0.05) is 18.2 Å².